The molecule has 0 unspecified atom stereocenters. The fourth-order valence-electron chi connectivity index (χ4n) is 2.05. The highest BCUT2D eigenvalue weighted by Gasteiger charge is 2.14. The molecule has 4 nitrogen and oxygen atoms in total. The van der Waals surface area contributed by atoms with E-state index in [-0.39, 0.29) is 0 Å². The number of aromatic nitrogens is 2. The second-order valence-electron chi connectivity index (χ2n) is 4.92. The minimum atomic E-state index is 0.433. The molecular formula is C16H14BrN3O. The molecule has 0 saturated heterocycles. The Labute approximate surface area is 131 Å². The number of aryl methyl sites for hydroxylation is 2. The summed E-state index contributed by atoms with van der Waals surface area (Å²) in [5, 5.41) is 4.04. The Morgan fingerprint density at radius 1 is 1.10 bits per heavy atom. The Morgan fingerprint density at radius 3 is 2.67 bits per heavy atom. The molecule has 0 amide bonds. The van der Waals surface area contributed by atoms with E-state index < -0.39 is 0 Å². The summed E-state index contributed by atoms with van der Waals surface area (Å²) in [7, 11) is 0. The van der Waals surface area contributed by atoms with E-state index in [9.17, 15) is 0 Å². The molecular weight excluding hydrogens is 330 g/mol. The van der Waals surface area contributed by atoms with E-state index in [2.05, 4.69) is 26.1 Å². The number of nitrogens with two attached hydrogens (primary N) is 1. The molecule has 5 heteroatoms. The van der Waals surface area contributed by atoms with Gasteiger partial charge in [0.1, 0.15) is 0 Å². The summed E-state index contributed by atoms with van der Waals surface area (Å²) in [4.78, 5) is 4.44. The van der Waals surface area contributed by atoms with Gasteiger partial charge in [-0.15, -0.1) is 0 Å². The summed E-state index contributed by atoms with van der Waals surface area (Å²) in [6.45, 7) is 3.98. The second-order valence-corrected chi connectivity index (χ2v) is 5.78. The summed E-state index contributed by atoms with van der Waals surface area (Å²) in [6.07, 6.45) is 0. The molecule has 0 aliphatic rings. The van der Waals surface area contributed by atoms with Crippen LogP contribution in [0.1, 0.15) is 11.1 Å². The highest BCUT2D eigenvalue weighted by atomic mass is 79.9. The molecule has 0 spiro atoms. The van der Waals surface area contributed by atoms with Crippen molar-refractivity contribution < 1.29 is 4.52 Å². The lowest BCUT2D eigenvalue weighted by atomic mass is 10.1. The number of para-hydroxylation sites is 1. The maximum atomic E-state index is 6.07. The van der Waals surface area contributed by atoms with Gasteiger partial charge in [0.25, 0.3) is 5.89 Å². The second kappa shape index (κ2) is 5.33. The standard InChI is InChI=1S/C16H14BrN3O/c1-9-6-7-11(8-13(9)17)15-19-16(21-20-15)12-5-3-4-10(2)14(12)18/h3-8H,18H2,1-2H3. The molecule has 3 aromatic rings. The highest BCUT2D eigenvalue weighted by molar-refractivity contribution is 9.10. The van der Waals surface area contributed by atoms with E-state index in [1.165, 1.54) is 0 Å². The maximum Gasteiger partial charge on any atom is 0.260 e. The molecule has 1 heterocycles. The number of hydrogen-bond acceptors (Lipinski definition) is 4. The number of nitrogen functional groups attached to an aromatic ring is 1. The molecule has 0 bridgehead atoms. The van der Waals surface area contributed by atoms with Gasteiger partial charge >= 0.3 is 0 Å². The van der Waals surface area contributed by atoms with Crippen molar-refractivity contribution in [2.24, 2.45) is 0 Å². The molecule has 2 N–H and O–H groups in total. The van der Waals surface area contributed by atoms with E-state index in [4.69, 9.17) is 10.3 Å². The van der Waals surface area contributed by atoms with Crippen LogP contribution < -0.4 is 5.73 Å². The molecule has 0 radical (unpaired) electrons. The fraction of sp³-hybridized carbons (Fsp3) is 0.125. The number of hydrogen-bond donors (Lipinski definition) is 1. The molecule has 0 saturated carbocycles. The third-order valence-corrected chi connectivity index (χ3v) is 4.26. The summed E-state index contributed by atoms with van der Waals surface area (Å²) < 4.78 is 6.37. The third-order valence-electron chi connectivity index (χ3n) is 3.41. The highest BCUT2D eigenvalue weighted by Crippen LogP contribution is 2.29. The van der Waals surface area contributed by atoms with Crippen molar-refractivity contribution in [2.75, 3.05) is 5.73 Å². The van der Waals surface area contributed by atoms with Gasteiger partial charge in [-0.05, 0) is 37.1 Å². The van der Waals surface area contributed by atoms with E-state index in [0.717, 1.165) is 26.7 Å². The lowest BCUT2D eigenvalue weighted by molar-refractivity contribution is 0.432. The minimum absolute atomic E-state index is 0.433. The van der Waals surface area contributed by atoms with E-state index in [1.807, 2.05) is 50.2 Å². The Hall–Kier alpha value is -2.14. The Kier molecular flexibility index (Phi) is 3.51. The summed E-state index contributed by atoms with van der Waals surface area (Å²) in [6, 6.07) is 11.7. The van der Waals surface area contributed by atoms with Gasteiger partial charge in [-0.1, -0.05) is 45.4 Å². The van der Waals surface area contributed by atoms with Crippen LogP contribution in [0.4, 0.5) is 5.69 Å². The lowest BCUT2D eigenvalue weighted by Crippen LogP contribution is -1.93. The topological polar surface area (TPSA) is 64.9 Å². The predicted molar refractivity (Wildman–Crippen MR) is 86.8 cm³/mol. The van der Waals surface area contributed by atoms with Gasteiger partial charge in [0.15, 0.2) is 0 Å². The number of anilines is 1. The van der Waals surface area contributed by atoms with Crippen molar-refractivity contribution in [3.63, 3.8) is 0 Å². The third kappa shape index (κ3) is 2.56. The monoisotopic (exact) mass is 343 g/mol. The van der Waals surface area contributed by atoms with Gasteiger partial charge in [-0.3, -0.25) is 0 Å². The normalized spacial score (nSPS) is 10.8. The number of nitrogens with zero attached hydrogens (tertiary/aromatic N) is 2. The fourth-order valence-corrected chi connectivity index (χ4v) is 2.43. The van der Waals surface area contributed by atoms with Crippen LogP contribution in [0, 0.1) is 13.8 Å². The molecule has 0 aliphatic carbocycles. The van der Waals surface area contributed by atoms with Crippen LogP contribution in [-0.4, -0.2) is 10.1 Å². The quantitative estimate of drug-likeness (QED) is 0.702. The SMILES string of the molecule is Cc1ccc(-c2noc(-c3cccc(C)c3N)n2)cc1Br. The largest absolute Gasteiger partial charge is 0.398 e. The van der Waals surface area contributed by atoms with Gasteiger partial charge in [-0.2, -0.15) is 4.98 Å². The molecule has 0 aliphatic heterocycles. The van der Waals surface area contributed by atoms with E-state index in [1.54, 1.807) is 0 Å². The Morgan fingerprint density at radius 2 is 1.90 bits per heavy atom. The summed E-state index contributed by atoms with van der Waals surface area (Å²) >= 11 is 3.51. The van der Waals surface area contributed by atoms with Crippen LogP contribution in [0.15, 0.2) is 45.4 Å². The van der Waals surface area contributed by atoms with Crippen LogP contribution in [-0.2, 0) is 0 Å². The van der Waals surface area contributed by atoms with E-state index in [0.29, 0.717) is 17.4 Å². The summed E-state index contributed by atoms with van der Waals surface area (Å²) in [5.74, 6) is 0.981. The molecule has 2 aromatic carbocycles. The van der Waals surface area contributed by atoms with Gasteiger partial charge in [0, 0.05) is 15.7 Å². The first-order chi connectivity index (χ1) is 10.1. The zero-order valence-corrected chi connectivity index (χ0v) is 13.3. The smallest absolute Gasteiger partial charge is 0.260 e. The maximum absolute atomic E-state index is 6.07. The number of rotatable bonds is 2. The van der Waals surface area contributed by atoms with Crippen molar-refractivity contribution in [1.82, 2.24) is 10.1 Å². The first-order valence-corrected chi connectivity index (χ1v) is 7.31. The van der Waals surface area contributed by atoms with Crippen molar-refractivity contribution in [1.29, 1.82) is 0 Å². The van der Waals surface area contributed by atoms with Gasteiger partial charge in [-0.25, -0.2) is 0 Å². The van der Waals surface area contributed by atoms with Crippen molar-refractivity contribution in [3.8, 4) is 22.8 Å². The zero-order chi connectivity index (χ0) is 15.0. The number of benzene rings is 2. The van der Waals surface area contributed by atoms with Gasteiger partial charge in [0.05, 0.1) is 5.56 Å². The lowest BCUT2D eigenvalue weighted by Gasteiger charge is -2.03. The van der Waals surface area contributed by atoms with Gasteiger partial charge < -0.3 is 10.3 Å². The Balaban J connectivity index is 2.03. The molecule has 0 atom stereocenters. The van der Waals surface area contributed by atoms with Crippen LogP contribution in [0.5, 0.6) is 0 Å². The van der Waals surface area contributed by atoms with Crippen molar-refractivity contribution in [2.45, 2.75) is 13.8 Å². The predicted octanol–water partition coefficient (Wildman–Crippen LogP) is 4.37. The van der Waals surface area contributed by atoms with Crippen molar-refractivity contribution >= 4 is 21.6 Å². The Bertz CT molecular complexity index is 811. The van der Waals surface area contributed by atoms with E-state index >= 15 is 0 Å². The minimum Gasteiger partial charge on any atom is -0.398 e. The number of halogens is 1. The van der Waals surface area contributed by atoms with Gasteiger partial charge in [0.2, 0.25) is 5.82 Å². The average Bonchev–Trinajstić information content (AvgIpc) is 2.94. The van der Waals surface area contributed by atoms with Crippen LogP contribution in [0.3, 0.4) is 0 Å². The average molecular weight is 344 g/mol. The van der Waals surface area contributed by atoms with Crippen LogP contribution in [0.25, 0.3) is 22.8 Å². The first kappa shape index (κ1) is 13.8. The molecule has 21 heavy (non-hydrogen) atoms. The molecule has 106 valence electrons. The summed E-state index contributed by atoms with van der Waals surface area (Å²) in [5.41, 5.74) is 10.5. The van der Waals surface area contributed by atoms with Crippen LogP contribution >= 0.6 is 15.9 Å². The van der Waals surface area contributed by atoms with Crippen LogP contribution in [0.2, 0.25) is 0 Å². The van der Waals surface area contributed by atoms with Crippen molar-refractivity contribution in [3.05, 3.63) is 52.0 Å². The first-order valence-electron chi connectivity index (χ1n) is 6.52. The molecule has 1 aromatic heterocycles. The molecule has 3 rings (SSSR count). The zero-order valence-electron chi connectivity index (χ0n) is 11.7. The molecule has 0 fully saturated rings.